The molecule has 0 aliphatic heterocycles. The van der Waals surface area contributed by atoms with Gasteiger partial charge in [0.15, 0.2) is 0 Å². The fourth-order valence-electron chi connectivity index (χ4n) is 4.56. The number of fused-ring (bicyclic) bond motifs is 2. The predicted octanol–water partition coefficient (Wildman–Crippen LogP) is 3.65. The molecule has 2 atom stereocenters. The van der Waals surface area contributed by atoms with Crippen molar-refractivity contribution in [1.82, 2.24) is 9.13 Å². The van der Waals surface area contributed by atoms with Crippen LogP contribution < -0.4 is 22.2 Å². The van der Waals surface area contributed by atoms with Crippen molar-refractivity contribution < 1.29 is 19.8 Å². The number of carboxylic acids is 2. The molecule has 0 saturated heterocycles. The summed E-state index contributed by atoms with van der Waals surface area (Å²) >= 11 is 1.30. The number of unbranched alkanes of at least 4 members (excludes halogenated alkanes) is 1. The second kappa shape index (κ2) is 11.5. The molecule has 0 fully saturated rings. The van der Waals surface area contributed by atoms with Crippen molar-refractivity contribution in [2.45, 2.75) is 84.2 Å². The molecular formula is C24H30N2O8S2. The molecule has 3 rings (SSSR count). The highest BCUT2D eigenvalue weighted by Crippen LogP contribution is 2.28. The molecule has 2 N–H and O–H groups in total. The summed E-state index contributed by atoms with van der Waals surface area (Å²) in [4.78, 5) is 76.2. The molecule has 3 heterocycles. The van der Waals surface area contributed by atoms with Crippen LogP contribution >= 0.6 is 22.7 Å². The molecule has 3 aromatic rings. The van der Waals surface area contributed by atoms with Crippen LogP contribution in [0, 0.1) is 5.92 Å². The number of aliphatic carboxylic acids is 2. The van der Waals surface area contributed by atoms with E-state index in [4.69, 9.17) is 0 Å². The summed E-state index contributed by atoms with van der Waals surface area (Å²) in [7, 11) is 0. The zero-order valence-corrected chi connectivity index (χ0v) is 22.1. The molecule has 0 spiro atoms. The second-order valence-electron chi connectivity index (χ2n) is 8.94. The molecule has 196 valence electrons. The molecule has 10 nitrogen and oxygen atoms in total. The number of carboxylic acid groups (broad SMARTS) is 2. The Balaban J connectivity index is 2.14. The SMILES string of the molecule is CCCCC(C(=O)O)n1c(=O)c2sc3c(=O)n(C(CCCC(CC)CC)C(=O)O)c(=O)c3sc2c1=O. The van der Waals surface area contributed by atoms with Gasteiger partial charge in [0.25, 0.3) is 22.2 Å². The lowest BCUT2D eigenvalue weighted by molar-refractivity contribution is -0.142. The number of hydrogen-bond acceptors (Lipinski definition) is 8. The normalized spacial score (nSPS) is 13.6. The van der Waals surface area contributed by atoms with E-state index in [9.17, 15) is 39.0 Å². The third-order valence-corrected chi connectivity index (χ3v) is 9.33. The molecule has 12 heteroatoms. The van der Waals surface area contributed by atoms with Gasteiger partial charge in [-0.3, -0.25) is 28.3 Å². The summed E-state index contributed by atoms with van der Waals surface area (Å²) < 4.78 is 1.01. The minimum atomic E-state index is -1.35. The maximum atomic E-state index is 13.2. The number of carbonyl (C=O) groups is 2. The number of nitrogens with zero attached hydrogens (tertiary/aromatic N) is 2. The molecule has 36 heavy (non-hydrogen) atoms. The monoisotopic (exact) mass is 538 g/mol. The lowest BCUT2D eigenvalue weighted by Gasteiger charge is -2.15. The van der Waals surface area contributed by atoms with Crippen molar-refractivity contribution in [1.29, 1.82) is 0 Å². The van der Waals surface area contributed by atoms with Crippen LogP contribution in [0.25, 0.3) is 18.8 Å². The van der Waals surface area contributed by atoms with Gasteiger partial charge < -0.3 is 10.2 Å². The highest BCUT2D eigenvalue weighted by molar-refractivity contribution is 7.36. The molecule has 0 amide bonds. The van der Waals surface area contributed by atoms with E-state index in [2.05, 4.69) is 13.8 Å². The van der Waals surface area contributed by atoms with Crippen LogP contribution in [0.5, 0.6) is 0 Å². The molecule has 0 saturated carbocycles. The Morgan fingerprint density at radius 3 is 1.33 bits per heavy atom. The molecular weight excluding hydrogens is 508 g/mol. The van der Waals surface area contributed by atoms with Crippen LogP contribution in [0.1, 0.15) is 84.2 Å². The lowest BCUT2D eigenvalue weighted by Crippen LogP contribution is -2.34. The van der Waals surface area contributed by atoms with Crippen molar-refractivity contribution >= 4 is 53.4 Å². The average Bonchev–Trinajstić information content (AvgIpc) is 3.23. The summed E-state index contributed by atoms with van der Waals surface area (Å²) in [5.41, 5.74) is -3.26. The fourth-order valence-corrected chi connectivity index (χ4v) is 6.93. The third kappa shape index (κ3) is 5.01. The van der Waals surface area contributed by atoms with E-state index in [1.54, 1.807) is 0 Å². The largest absolute Gasteiger partial charge is 0.480 e. The highest BCUT2D eigenvalue weighted by Gasteiger charge is 2.30. The van der Waals surface area contributed by atoms with Crippen molar-refractivity contribution in [2.75, 3.05) is 0 Å². The van der Waals surface area contributed by atoms with E-state index in [0.717, 1.165) is 23.8 Å². The van der Waals surface area contributed by atoms with Crippen molar-refractivity contribution in [2.24, 2.45) is 5.92 Å². The van der Waals surface area contributed by atoms with Crippen molar-refractivity contribution in [3.63, 3.8) is 0 Å². The first kappa shape index (κ1) is 27.7. The quantitative estimate of drug-likeness (QED) is 0.334. The van der Waals surface area contributed by atoms with Crippen molar-refractivity contribution in [3.05, 3.63) is 41.4 Å². The summed E-state index contributed by atoms with van der Waals surface area (Å²) in [6.07, 6.45) is 4.58. The fraction of sp³-hybridized carbons (Fsp3) is 0.583. The molecule has 0 aliphatic rings. The predicted molar refractivity (Wildman–Crippen MR) is 140 cm³/mol. The third-order valence-electron chi connectivity index (χ3n) is 6.74. The zero-order chi connectivity index (χ0) is 26.7. The number of rotatable bonds is 13. The Morgan fingerprint density at radius 2 is 1.03 bits per heavy atom. The van der Waals surface area contributed by atoms with Gasteiger partial charge in [-0.1, -0.05) is 59.3 Å². The Hall–Kier alpha value is -2.86. The molecule has 0 aliphatic carbocycles. The lowest BCUT2D eigenvalue weighted by atomic mass is 9.95. The summed E-state index contributed by atoms with van der Waals surface area (Å²) in [6.45, 7) is 5.97. The molecule has 2 unspecified atom stereocenters. The first-order valence-corrected chi connectivity index (χ1v) is 13.8. The highest BCUT2D eigenvalue weighted by atomic mass is 32.1. The van der Waals surface area contributed by atoms with Gasteiger partial charge >= 0.3 is 11.9 Å². The molecule has 0 bridgehead atoms. The van der Waals surface area contributed by atoms with Gasteiger partial charge in [-0.05, 0) is 18.8 Å². The van der Waals surface area contributed by atoms with Crippen LogP contribution in [-0.2, 0) is 9.59 Å². The smallest absolute Gasteiger partial charge is 0.326 e. The summed E-state index contributed by atoms with van der Waals surface area (Å²) in [6, 6.07) is -2.70. The Morgan fingerprint density at radius 1 is 0.667 bits per heavy atom. The van der Waals surface area contributed by atoms with E-state index in [0.29, 0.717) is 52.4 Å². The van der Waals surface area contributed by atoms with E-state index >= 15 is 0 Å². The maximum Gasteiger partial charge on any atom is 0.326 e. The van der Waals surface area contributed by atoms with Gasteiger partial charge in [-0.2, -0.15) is 0 Å². The standard InChI is InChI=1S/C24H30N2O8S2/c1-4-7-10-13(23(31)32)25-19(27)15-16(20(25)28)36-18-17(35-15)21(29)26(22(18)30)14(24(33)34)11-8-9-12(5-2)6-3/h12-14H,4-11H2,1-3H3,(H,31,32)(H,33,34). The molecule has 3 aromatic heterocycles. The first-order valence-electron chi connectivity index (χ1n) is 12.1. The van der Waals surface area contributed by atoms with Gasteiger partial charge in [-0.15, -0.1) is 22.7 Å². The van der Waals surface area contributed by atoms with E-state index < -0.39 is 46.3 Å². The summed E-state index contributed by atoms with van der Waals surface area (Å²) in [5, 5.41) is 19.4. The van der Waals surface area contributed by atoms with Gasteiger partial charge in [0, 0.05) is 0 Å². The average molecular weight is 539 g/mol. The number of aromatic nitrogens is 2. The van der Waals surface area contributed by atoms with Gasteiger partial charge in [0.2, 0.25) is 0 Å². The Labute approximate surface area is 213 Å². The maximum absolute atomic E-state index is 13.2. The molecule has 0 aromatic carbocycles. The number of hydrogen-bond donors (Lipinski definition) is 2. The first-order chi connectivity index (χ1) is 17.1. The van der Waals surface area contributed by atoms with Crippen molar-refractivity contribution in [3.8, 4) is 0 Å². The Bertz CT molecular complexity index is 1420. The van der Waals surface area contributed by atoms with Gasteiger partial charge in [-0.25, -0.2) is 9.59 Å². The zero-order valence-electron chi connectivity index (χ0n) is 20.4. The van der Waals surface area contributed by atoms with E-state index in [-0.39, 0.29) is 31.6 Å². The van der Waals surface area contributed by atoms with Crippen LogP contribution in [0.2, 0.25) is 0 Å². The van der Waals surface area contributed by atoms with E-state index in [1.807, 2.05) is 6.92 Å². The van der Waals surface area contributed by atoms with Crippen LogP contribution in [0.3, 0.4) is 0 Å². The van der Waals surface area contributed by atoms with Gasteiger partial charge in [0.1, 0.15) is 30.9 Å². The minimum absolute atomic E-state index is 0.0925. The van der Waals surface area contributed by atoms with Gasteiger partial charge in [0.05, 0.1) is 0 Å². The second-order valence-corrected chi connectivity index (χ2v) is 11.0. The van der Waals surface area contributed by atoms with Crippen LogP contribution in [-0.4, -0.2) is 31.3 Å². The van der Waals surface area contributed by atoms with E-state index in [1.165, 1.54) is 0 Å². The Kier molecular flexibility index (Phi) is 8.83. The van der Waals surface area contributed by atoms with Crippen LogP contribution in [0.4, 0.5) is 0 Å². The molecule has 0 radical (unpaired) electrons. The topological polar surface area (TPSA) is 153 Å². The summed E-state index contributed by atoms with van der Waals surface area (Å²) in [5.74, 6) is -2.17. The van der Waals surface area contributed by atoms with Crippen LogP contribution in [0.15, 0.2) is 19.2 Å². The minimum Gasteiger partial charge on any atom is -0.480 e.